The number of imide groups is 1. The lowest BCUT2D eigenvalue weighted by Gasteiger charge is -2.13. The van der Waals surface area contributed by atoms with Gasteiger partial charge in [-0.15, -0.1) is 0 Å². The van der Waals surface area contributed by atoms with Gasteiger partial charge in [-0.1, -0.05) is 12.1 Å². The lowest BCUT2D eigenvalue weighted by molar-refractivity contribution is -0.127. The molecule has 0 unspecified atom stereocenters. The van der Waals surface area contributed by atoms with Crippen LogP contribution in [0.25, 0.3) is 0 Å². The van der Waals surface area contributed by atoms with Gasteiger partial charge in [0.05, 0.1) is 5.56 Å². The molecule has 1 aromatic rings. The van der Waals surface area contributed by atoms with Gasteiger partial charge in [-0.05, 0) is 26.0 Å². The highest BCUT2D eigenvalue weighted by Crippen LogP contribution is 2.06. The topological polar surface area (TPSA) is 102 Å². The van der Waals surface area contributed by atoms with E-state index >= 15 is 0 Å². The Labute approximate surface area is 121 Å². The molecular weight excluding hydrogens is 276 g/mol. The zero-order valence-electron chi connectivity index (χ0n) is 11.7. The minimum atomic E-state index is -1.12. The maximum Gasteiger partial charge on any atom is 0.338 e. The number of carbonyl (C=O) groups excluding carboxylic acids is 4. The fourth-order valence-corrected chi connectivity index (χ4v) is 1.40. The van der Waals surface area contributed by atoms with Crippen LogP contribution in [0.1, 0.15) is 34.6 Å². The van der Waals surface area contributed by atoms with Gasteiger partial charge in [0, 0.05) is 12.1 Å². The highest BCUT2D eigenvalue weighted by molar-refractivity contribution is 5.98. The summed E-state index contributed by atoms with van der Waals surface area (Å²) in [6.45, 7) is 3.43. The number of nitrogens with one attached hydrogen (secondary N) is 2. The second-order valence-electron chi connectivity index (χ2n) is 4.14. The second kappa shape index (κ2) is 7.78. The van der Waals surface area contributed by atoms with Crippen molar-refractivity contribution in [3.63, 3.8) is 0 Å². The Bertz CT molecular complexity index is 539. The number of hydrogen-bond donors (Lipinski definition) is 2. The number of esters is 1. The molecule has 3 amide bonds. The molecule has 21 heavy (non-hydrogen) atoms. The number of carbonyl (C=O) groups is 4. The van der Waals surface area contributed by atoms with Crippen LogP contribution in [0, 0.1) is 0 Å². The number of hydrogen-bond acceptors (Lipinski definition) is 5. The molecule has 0 heterocycles. The van der Waals surface area contributed by atoms with Crippen molar-refractivity contribution in [3.05, 3.63) is 35.4 Å². The molecule has 0 bridgehead atoms. The van der Waals surface area contributed by atoms with Crippen LogP contribution in [0.5, 0.6) is 0 Å². The quantitative estimate of drug-likeness (QED) is 0.620. The fraction of sp³-hybridized carbons (Fsp3) is 0.286. The Morgan fingerprint density at radius 2 is 1.86 bits per heavy atom. The zero-order chi connectivity index (χ0) is 15.8. The lowest BCUT2D eigenvalue weighted by atomic mass is 10.1. The van der Waals surface area contributed by atoms with Gasteiger partial charge in [-0.2, -0.15) is 0 Å². The van der Waals surface area contributed by atoms with E-state index in [9.17, 15) is 19.2 Å². The minimum absolute atomic E-state index is 0.207. The molecule has 0 aliphatic rings. The molecule has 2 N–H and O–H groups in total. The van der Waals surface area contributed by atoms with Crippen molar-refractivity contribution < 1.29 is 23.9 Å². The Hall–Kier alpha value is -2.70. The molecule has 0 aliphatic heterocycles. The molecule has 1 atom stereocenters. The van der Waals surface area contributed by atoms with Crippen LogP contribution in [0.4, 0.5) is 4.79 Å². The Balaban J connectivity index is 2.58. The fourth-order valence-electron chi connectivity index (χ4n) is 1.40. The van der Waals surface area contributed by atoms with E-state index in [4.69, 9.17) is 4.74 Å². The first-order chi connectivity index (χ1) is 9.97. The molecule has 0 radical (unpaired) electrons. The maximum absolute atomic E-state index is 11.8. The number of amides is 3. The van der Waals surface area contributed by atoms with Crippen molar-refractivity contribution in [2.24, 2.45) is 0 Å². The highest BCUT2D eigenvalue weighted by Gasteiger charge is 2.20. The third-order valence-electron chi connectivity index (χ3n) is 2.51. The predicted molar refractivity (Wildman–Crippen MR) is 73.9 cm³/mol. The van der Waals surface area contributed by atoms with Gasteiger partial charge in [0.2, 0.25) is 0 Å². The average Bonchev–Trinajstić information content (AvgIpc) is 2.47. The van der Waals surface area contributed by atoms with Crippen molar-refractivity contribution >= 4 is 24.2 Å². The van der Waals surface area contributed by atoms with Crippen LogP contribution in [0.3, 0.4) is 0 Å². The molecule has 7 heteroatoms. The number of urea groups is 1. The summed E-state index contributed by atoms with van der Waals surface area (Å²) in [6, 6.07) is 5.10. The second-order valence-corrected chi connectivity index (χ2v) is 4.14. The van der Waals surface area contributed by atoms with Crippen LogP contribution in [-0.4, -0.2) is 36.8 Å². The number of rotatable bonds is 5. The monoisotopic (exact) mass is 292 g/mol. The smallest absolute Gasteiger partial charge is 0.338 e. The van der Waals surface area contributed by atoms with E-state index in [1.165, 1.54) is 31.2 Å². The summed E-state index contributed by atoms with van der Waals surface area (Å²) < 4.78 is 4.93. The standard InChI is InChI=1S/C14H16N2O5/c1-3-15-14(20)16-12(18)9(2)21-13(19)11-6-4-10(8-17)5-7-11/h4-9H,3H2,1-2H3,(H2,15,16,18,20)/t9-/m1/s1. The third-order valence-corrected chi connectivity index (χ3v) is 2.51. The molecule has 0 fully saturated rings. The number of ether oxygens (including phenoxy) is 1. The summed E-state index contributed by atoms with van der Waals surface area (Å²) >= 11 is 0. The first-order valence-electron chi connectivity index (χ1n) is 6.32. The largest absolute Gasteiger partial charge is 0.449 e. The van der Waals surface area contributed by atoms with E-state index in [0.717, 1.165) is 0 Å². The van der Waals surface area contributed by atoms with Gasteiger partial charge in [0.15, 0.2) is 6.10 Å². The SMILES string of the molecule is CCNC(=O)NC(=O)[C@@H](C)OC(=O)c1ccc(C=O)cc1. The van der Waals surface area contributed by atoms with E-state index in [1.807, 2.05) is 5.32 Å². The van der Waals surface area contributed by atoms with E-state index < -0.39 is 24.0 Å². The summed E-state index contributed by atoms with van der Waals surface area (Å²) in [5.41, 5.74) is 0.631. The lowest BCUT2D eigenvalue weighted by Crippen LogP contribution is -2.44. The van der Waals surface area contributed by atoms with E-state index in [2.05, 4.69) is 5.32 Å². The Kier molecular flexibility index (Phi) is 6.06. The van der Waals surface area contributed by atoms with E-state index in [0.29, 0.717) is 18.4 Å². The van der Waals surface area contributed by atoms with Crippen LogP contribution in [-0.2, 0) is 9.53 Å². The molecule has 1 rings (SSSR count). The van der Waals surface area contributed by atoms with Crippen LogP contribution in [0.2, 0.25) is 0 Å². The summed E-state index contributed by atoms with van der Waals surface area (Å²) in [5, 5.41) is 4.43. The third kappa shape index (κ3) is 5.06. The summed E-state index contributed by atoms with van der Waals surface area (Å²) in [7, 11) is 0. The van der Waals surface area contributed by atoms with E-state index in [-0.39, 0.29) is 5.56 Å². The predicted octanol–water partition coefficient (Wildman–Crippen LogP) is 0.890. The first kappa shape index (κ1) is 16.4. The highest BCUT2D eigenvalue weighted by atomic mass is 16.5. The Morgan fingerprint density at radius 3 is 2.38 bits per heavy atom. The van der Waals surface area contributed by atoms with Crippen LogP contribution in [0.15, 0.2) is 24.3 Å². The molecular formula is C14H16N2O5. The molecule has 0 spiro atoms. The normalized spacial score (nSPS) is 11.1. The molecule has 0 aromatic heterocycles. The van der Waals surface area contributed by atoms with Crippen molar-refractivity contribution in [1.29, 1.82) is 0 Å². The van der Waals surface area contributed by atoms with Gasteiger partial charge < -0.3 is 10.1 Å². The van der Waals surface area contributed by atoms with Gasteiger partial charge in [0.25, 0.3) is 5.91 Å². The maximum atomic E-state index is 11.8. The van der Waals surface area contributed by atoms with Crippen molar-refractivity contribution in [2.45, 2.75) is 20.0 Å². The van der Waals surface area contributed by atoms with Crippen LogP contribution < -0.4 is 10.6 Å². The van der Waals surface area contributed by atoms with Gasteiger partial charge in [-0.3, -0.25) is 14.9 Å². The van der Waals surface area contributed by atoms with Crippen LogP contribution >= 0.6 is 0 Å². The Morgan fingerprint density at radius 1 is 1.24 bits per heavy atom. The van der Waals surface area contributed by atoms with Gasteiger partial charge in [0.1, 0.15) is 6.29 Å². The van der Waals surface area contributed by atoms with Gasteiger partial charge in [-0.25, -0.2) is 9.59 Å². The van der Waals surface area contributed by atoms with Crippen molar-refractivity contribution in [1.82, 2.24) is 10.6 Å². The molecule has 112 valence electrons. The minimum Gasteiger partial charge on any atom is -0.449 e. The van der Waals surface area contributed by atoms with Crippen molar-refractivity contribution in [3.8, 4) is 0 Å². The molecule has 0 saturated carbocycles. The molecule has 1 aromatic carbocycles. The first-order valence-corrected chi connectivity index (χ1v) is 6.32. The molecule has 0 aliphatic carbocycles. The molecule has 0 saturated heterocycles. The van der Waals surface area contributed by atoms with Gasteiger partial charge >= 0.3 is 12.0 Å². The number of benzene rings is 1. The average molecular weight is 292 g/mol. The summed E-state index contributed by atoms with van der Waals surface area (Å²) in [5.74, 6) is -1.44. The summed E-state index contributed by atoms with van der Waals surface area (Å²) in [4.78, 5) is 45.1. The van der Waals surface area contributed by atoms with Crippen molar-refractivity contribution in [2.75, 3.05) is 6.54 Å². The molecule has 7 nitrogen and oxygen atoms in total. The zero-order valence-corrected chi connectivity index (χ0v) is 11.7. The number of aldehydes is 1. The summed E-state index contributed by atoms with van der Waals surface area (Å²) in [6.07, 6.45) is -0.469. The van der Waals surface area contributed by atoms with E-state index in [1.54, 1.807) is 6.92 Å².